The number of amides is 1. The molecule has 4 heteroatoms. The van der Waals surface area contributed by atoms with Crippen LogP contribution >= 0.6 is 0 Å². The normalized spacial score (nSPS) is 12.0. The monoisotopic (exact) mass is 381 g/mol. The van der Waals surface area contributed by atoms with Gasteiger partial charge in [0, 0.05) is 30.5 Å². The largest absolute Gasteiger partial charge is 0.366 e. The first kappa shape index (κ1) is 18.8. The Morgan fingerprint density at radius 3 is 2.59 bits per heavy atom. The van der Waals surface area contributed by atoms with E-state index < -0.39 is 5.91 Å². The SMILES string of the molecule is C[C@@H](NCc1cccc(-c2cncc(C(N)=O)c2)c1)c1ccc2ccccc2c1. The van der Waals surface area contributed by atoms with Crippen molar-refractivity contribution in [2.24, 2.45) is 5.73 Å². The average Bonchev–Trinajstić information content (AvgIpc) is 2.77. The fraction of sp³-hybridized carbons (Fsp3) is 0.120. The lowest BCUT2D eigenvalue weighted by Crippen LogP contribution is -2.18. The molecule has 0 fully saturated rings. The lowest BCUT2D eigenvalue weighted by Gasteiger charge is -2.16. The Kier molecular flexibility index (Phi) is 5.36. The summed E-state index contributed by atoms with van der Waals surface area (Å²) in [6.07, 6.45) is 3.24. The third kappa shape index (κ3) is 4.33. The molecular formula is C25H23N3O. The second-order valence-corrected chi connectivity index (χ2v) is 7.24. The van der Waals surface area contributed by atoms with E-state index in [1.54, 1.807) is 12.3 Å². The van der Waals surface area contributed by atoms with Crippen LogP contribution < -0.4 is 11.1 Å². The summed E-state index contributed by atoms with van der Waals surface area (Å²) in [6.45, 7) is 2.92. The smallest absolute Gasteiger partial charge is 0.250 e. The van der Waals surface area contributed by atoms with Gasteiger partial charge in [0.1, 0.15) is 0 Å². The lowest BCUT2D eigenvalue weighted by molar-refractivity contribution is 0.1000. The summed E-state index contributed by atoms with van der Waals surface area (Å²) in [5.41, 5.74) is 10.1. The van der Waals surface area contributed by atoms with Crippen LogP contribution in [0.2, 0.25) is 0 Å². The first-order valence-electron chi connectivity index (χ1n) is 9.66. The van der Waals surface area contributed by atoms with Crippen molar-refractivity contribution >= 4 is 16.7 Å². The number of pyridine rings is 1. The molecule has 0 aliphatic heterocycles. The second-order valence-electron chi connectivity index (χ2n) is 7.24. The van der Waals surface area contributed by atoms with E-state index in [-0.39, 0.29) is 6.04 Å². The zero-order valence-electron chi connectivity index (χ0n) is 16.3. The molecule has 1 atom stereocenters. The van der Waals surface area contributed by atoms with Gasteiger partial charge in [-0.25, -0.2) is 0 Å². The van der Waals surface area contributed by atoms with Gasteiger partial charge in [-0.2, -0.15) is 0 Å². The van der Waals surface area contributed by atoms with Crippen molar-refractivity contribution in [3.05, 3.63) is 102 Å². The van der Waals surface area contributed by atoms with Crippen LogP contribution in [0.5, 0.6) is 0 Å². The number of primary amides is 1. The number of carbonyl (C=O) groups is 1. The summed E-state index contributed by atoms with van der Waals surface area (Å²) >= 11 is 0. The van der Waals surface area contributed by atoms with E-state index in [0.717, 1.165) is 17.7 Å². The summed E-state index contributed by atoms with van der Waals surface area (Å²) in [5.74, 6) is -0.471. The maximum atomic E-state index is 11.4. The van der Waals surface area contributed by atoms with E-state index in [9.17, 15) is 4.79 Å². The highest BCUT2D eigenvalue weighted by molar-refractivity contribution is 5.93. The number of carbonyl (C=O) groups excluding carboxylic acids is 1. The van der Waals surface area contributed by atoms with Gasteiger partial charge < -0.3 is 11.1 Å². The molecule has 0 unspecified atom stereocenters. The van der Waals surface area contributed by atoms with Gasteiger partial charge in [0.2, 0.25) is 5.91 Å². The van der Waals surface area contributed by atoms with Gasteiger partial charge >= 0.3 is 0 Å². The number of nitrogens with two attached hydrogens (primary N) is 1. The fourth-order valence-electron chi connectivity index (χ4n) is 3.46. The van der Waals surface area contributed by atoms with E-state index in [0.29, 0.717) is 5.56 Å². The molecule has 1 aromatic heterocycles. The maximum absolute atomic E-state index is 11.4. The van der Waals surface area contributed by atoms with Gasteiger partial charge in [-0.3, -0.25) is 9.78 Å². The number of aromatic nitrogens is 1. The maximum Gasteiger partial charge on any atom is 0.250 e. The minimum Gasteiger partial charge on any atom is -0.366 e. The second kappa shape index (κ2) is 8.25. The molecule has 0 saturated carbocycles. The van der Waals surface area contributed by atoms with Crippen LogP contribution in [-0.4, -0.2) is 10.9 Å². The molecule has 3 N–H and O–H groups in total. The molecule has 1 amide bonds. The number of hydrogen-bond donors (Lipinski definition) is 2. The van der Waals surface area contributed by atoms with E-state index in [2.05, 4.69) is 71.8 Å². The number of rotatable bonds is 6. The molecule has 1 heterocycles. The number of nitrogens with zero attached hydrogens (tertiary/aromatic N) is 1. The van der Waals surface area contributed by atoms with Crippen molar-refractivity contribution in [2.75, 3.05) is 0 Å². The zero-order chi connectivity index (χ0) is 20.2. The van der Waals surface area contributed by atoms with Crippen LogP contribution in [0, 0.1) is 0 Å². The highest BCUT2D eigenvalue weighted by atomic mass is 16.1. The predicted octanol–water partition coefficient (Wildman–Crippen LogP) is 4.85. The quantitative estimate of drug-likeness (QED) is 0.502. The number of nitrogens with one attached hydrogen (secondary N) is 1. The summed E-state index contributed by atoms with van der Waals surface area (Å²) in [6, 6.07) is 25.2. The standard InChI is InChI=1S/C25H23N3O/c1-17(20-10-9-19-6-2-3-7-22(19)12-20)28-14-18-5-4-8-21(11-18)23-13-24(25(26)29)16-27-15-23/h2-13,15-17,28H,14H2,1H3,(H2,26,29)/t17-/m1/s1. The Bertz CT molecular complexity index is 1170. The van der Waals surface area contributed by atoms with Gasteiger partial charge in [-0.1, -0.05) is 54.6 Å². The topological polar surface area (TPSA) is 68.0 Å². The van der Waals surface area contributed by atoms with Gasteiger partial charge in [0.15, 0.2) is 0 Å². The molecule has 0 spiro atoms. The highest BCUT2D eigenvalue weighted by Crippen LogP contribution is 2.23. The van der Waals surface area contributed by atoms with Crippen molar-refractivity contribution in [3.63, 3.8) is 0 Å². The van der Waals surface area contributed by atoms with Crippen LogP contribution in [0.15, 0.2) is 85.2 Å². The summed E-state index contributed by atoms with van der Waals surface area (Å²) in [7, 11) is 0. The molecule has 0 saturated heterocycles. The Morgan fingerprint density at radius 1 is 0.931 bits per heavy atom. The van der Waals surface area contributed by atoms with Crippen LogP contribution in [0.3, 0.4) is 0 Å². The van der Waals surface area contributed by atoms with Crippen molar-refractivity contribution < 1.29 is 4.79 Å². The van der Waals surface area contributed by atoms with Crippen LogP contribution in [-0.2, 0) is 6.54 Å². The molecular weight excluding hydrogens is 358 g/mol. The first-order valence-corrected chi connectivity index (χ1v) is 9.66. The lowest BCUT2D eigenvalue weighted by atomic mass is 10.0. The van der Waals surface area contributed by atoms with Crippen LogP contribution in [0.1, 0.15) is 34.5 Å². The zero-order valence-corrected chi connectivity index (χ0v) is 16.3. The molecule has 144 valence electrons. The van der Waals surface area contributed by atoms with E-state index in [4.69, 9.17) is 5.73 Å². The van der Waals surface area contributed by atoms with Crippen molar-refractivity contribution in [1.29, 1.82) is 0 Å². The van der Waals surface area contributed by atoms with Crippen molar-refractivity contribution in [2.45, 2.75) is 19.5 Å². The summed E-state index contributed by atoms with van der Waals surface area (Å²) in [4.78, 5) is 15.6. The van der Waals surface area contributed by atoms with E-state index in [1.165, 1.54) is 28.1 Å². The Balaban J connectivity index is 1.49. The Hall–Kier alpha value is -3.50. The molecule has 0 aliphatic carbocycles. The third-order valence-corrected chi connectivity index (χ3v) is 5.17. The minimum absolute atomic E-state index is 0.225. The minimum atomic E-state index is -0.471. The molecule has 4 rings (SSSR count). The van der Waals surface area contributed by atoms with E-state index in [1.807, 2.05) is 12.1 Å². The molecule has 0 bridgehead atoms. The predicted molar refractivity (Wildman–Crippen MR) is 117 cm³/mol. The van der Waals surface area contributed by atoms with Crippen molar-refractivity contribution in [1.82, 2.24) is 10.3 Å². The van der Waals surface area contributed by atoms with Crippen LogP contribution in [0.25, 0.3) is 21.9 Å². The molecule has 4 aromatic rings. The van der Waals surface area contributed by atoms with Crippen molar-refractivity contribution in [3.8, 4) is 11.1 Å². The number of hydrogen-bond acceptors (Lipinski definition) is 3. The molecule has 29 heavy (non-hydrogen) atoms. The van der Waals surface area contributed by atoms with E-state index >= 15 is 0 Å². The average molecular weight is 381 g/mol. The Morgan fingerprint density at radius 2 is 1.76 bits per heavy atom. The first-order chi connectivity index (χ1) is 14.1. The fourth-order valence-corrected chi connectivity index (χ4v) is 3.46. The number of fused-ring (bicyclic) bond motifs is 1. The highest BCUT2D eigenvalue weighted by Gasteiger charge is 2.08. The van der Waals surface area contributed by atoms with Gasteiger partial charge in [0.05, 0.1) is 5.56 Å². The summed E-state index contributed by atoms with van der Waals surface area (Å²) < 4.78 is 0. The van der Waals surface area contributed by atoms with Gasteiger partial charge in [-0.05, 0) is 52.6 Å². The molecule has 3 aromatic carbocycles. The molecule has 0 aliphatic rings. The third-order valence-electron chi connectivity index (χ3n) is 5.17. The number of benzene rings is 3. The Labute approximate surface area is 170 Å². The van der Waals surface area contributed by atoms with Gasteiger partial charge in [0.25, 0.3) is 0 Å². The van der Waals surface area contributed by atoms with Gasteiger partial charge in [-0.15, -0.1) is 0 Å². The molecule has 4 nitrogen and oxygen atoms in total. The molecule has 0 radical (unpaired) electrons. The van der Waals surface area contributed by atoms with Crippen LogP contribution in [0.4, 0.5) is 0 Å². The summed E-state index contributed by atoms with van der Waals surface area (Å²) in [5, 5.41) is 6.10.